The summed E-state index contributed by atoms with van der Waals surface area (Å²) in [5.74, 6) is 0. The summed E-state index contributed by atoms with van der Waals surface area (Å²) >= 11 is 12.3. The number of hydrogen-bond acceptors (Lipinski definition) is 2. The second-order valence-electron chi connectivity index (χ2n) is 6.44. The van der Waals surface area contributed by atoms with Gasteiger partial charge < -0.3 is 0 Å². The summed E-state index contributed by atoms with van der Waals surface area (Å²) in [6.07, 6.45) is 0. The van der Waals surface area contributed by atoms with Crippen molar-refractivity contribution in [2.24, 2.45) is 0 Å². The minimum Gasteiger partial charge on any atom is -0.295 e. The molecule has 0 spiro atoms. The molecule has 0 saturated carbocycles. The van der Waals surface area contributed by atoms with Crippen LogP contribution in [-0.4, -0.2) is 36.0 Å². The van der Waals surface area contributed by atoms with Gasteiger partial charge in [-0.05, 0) is 61.6 Å². The Morgan fingerprint density at radius 3 is 1.08 bits per heavy atom. The Balaban J connectivity index is 2.59. The van der Waals surface area contributed by atoms with Crippen molar-refractivity contribution in [1.82, 2.24) is 9.80 Å². The highest BCUT2D eigenvalue weighted by Gasteiger charge is 2.32. The van der Waals surface area contributed by atoms with Crippen LogP contribution in [0.4, 0.5) is 0 Å². The van der Waals surface area contributed by atoms with Gasteiger partial charge in [0.15, 0.2) is 0 Å². The number of nitrogens with zero attached hydrogens (tertiary/aromatic N) is 2. The molecule has 0 heterocycles. The van der Waals surface area contributed by atoms with Gasteiger partial charge in [-0.3, -0.25) is 9.80 Å². The Kier molecular flexibility index (Phi) is 8.43. The zero-order chi connectivity index (χ0) is 19.1. The van der Waals surface area contributed by atoms with Gasteiger partial charge in [-0.15, -0.1) is 0 Å². The predicted octanol–water partition coefficient (Wildman–Crippen LogP) is 6.46. The van der Waals surface area contributed by atoms with Crippen molar-refractivity contribution in [2.45, 2.75) is 39.8 Å². The van der Waals surface area contributed by atoms with Crippen molar-refractivity contribution in [2.75, 3.05) is 26.2 Å². The summed E-state index contributed by atoms with van der Waals surface area (Å²) in [4.78, 5) is 5.06. The van der Waals surface area contributed by atoms with Gasteiger partial charge in [0.05, 0.1) is 12.1 Å². The van der Waals surface area contributed by atoms with E-state index in [1.807, 2.05) is 24.3 Å². The molecule has 2 aromatic rings. The third kappa shape index (κ3) is 5.01. The quantitative estimate of drug-likeness (QED) is 0.482. The molecule has 2 aromatic carbocycles. The molecule has 0 aromatic heterocycles. The van der Waals surface area contributed by atoms with Gasteiger partial charge in [-0.25, -0.2) is 0 Å². The molecule has 142 valence electrons. The molecule has 0 amide bonds. The van der Waals surface area contributed by atoms with E-state index >= 15 is 0 Å². The molecule has 26 heavy (non-hydrogen) atoms. The highest BCUT2D eigenvalue weighted by atomic mass is 35.5. The number of likely N-dealkylation sites (N-methyl/N-ethyl adjacent to an activating group) is 2. The van der Waals surface area contributed by atoms with E-state index < -0.39 is 0 Å². The molecule has 2 nitrogen and oxygen atoms in total. The van der Waals surface area contributed by atoms with Crippen LogP contribution in [0.25, 0.3) is 0 Å². The first-order valence-corrected chi connectivity index (χ1v) is 10.3. The summed E-state index contributed by atoms with van der Waals surface area (Å²) in [6.45, 7) is 12.9. The van der Waals surface area contributed by atoms with Crippen molar-refractivity contribution >= 4 is 23.2 Å². The maximum absolute atomic E-state index is 6.16. The molecule has 0 saturated heterocycles. The Morgan fingerprint density at radius 1 is 0.577 bits per heavy atom. The average Bonchev–Trinajstić information content (AvgIpc) is 2.66. The minimum absolute atomic E-state index is 0.253. The monoisotopic (exact) mass is 392 g/mol. The number of halogens is 2. The van der Waals surface area contributed by atoms with E-state index in [0.29, 0.717) is 0 Å². The van der Waals surface area contributed by atoms with Crippen LogP contribution in [0.5, 0.6) is 0 Å². The summed E-state index contributed by atoms with van der Waals surface area (Å²) in [7, 11) is 0. The molecule has 2 atom stereocenters. The van der Waals surface area contributed by atoms with Crippen molar-refractivity contribution in [3.8, 4) is 0 Å². The molecule has 4 heteroatoms. The highest BCUT2D eigenvalue weighted by Crippen LogP contribution is 2.39. The Labute approximate surface area is 168 Å². The first-order chi connectivity index (χ1) is 12.5. The van der Waals surface area contributed by atoms with E-state index in [4.69, 9.17) is 23.2 Å². The van der Waals surface area contributed by atoms with Crippen LogP contribution >= 0.6 is 23.2 Å². The maximum Gasteiger partial charge on any atom is 0.0545 e. The van der Waals surface area contributed by atoms with Crippen LogP contribution < -0.4 is 0 Å². The van der Waals surface area contributed by atoms with Gasteiger partial charge in [-0.2, -0.15) is 0 Å². The molecular formula is C22H30Cl2N2. The van der Waals surface area contributed by atoms with Gasteiger partial charge in [-0.1, -0.05) is 75.2 Å². The predicted molar refractivity (Wildman–Crippen MR) is 114 cm³/mol. The van der Waals surface area contributed by atoms with E-state index in [9.17, 15) is 0 Å². The minimum atomic E-state index is 0.253. The van der Waals surface area contributed by atoms with Crippen LogP contribution in [0, 0.1) is 0 Å². The average molecular weight is 393 g/mol. The second kappa shape index (κ2) is 10.3. The number of rotatable bonds is 9. The first-order valence-electron chi connectivity index (χ1n) is 9.54. The number of benzene rings is 2. The standard InChI is InChI=1S/C22H30Cl2N2/c1-5-25(6-2)21(17-9-13-19(23)14-10-17)22(26(7-3)8-4)18-11-15-20(24)16-12-18/h9-16,21-22H,5-8H2,1-4H3. The summed E-state index contributed by atoms with van der Waals surface area (Å²) in [5.41, 5.74) is 2.59. The molecule has 0 aliphatic heterocycles. The van der Waals surface area contributed by atoms with E-state index in [-0.39, 0.29) is 12.1 Å². The van der Waals surface area contributed by atoms with Gasteiger partial charge in [0.1, 0.15) is 0 Å². The maximum atomic E-state index is 6.16. The molecule has 0 fully saturated rings. The number of hydrogen-bond donors (Lipinski definition) is 0. The molecule has 0 aliphatic rings. The molecule has 2 rings (SSSR count). The molecule has 0 N–H and O–H groups in total. The smallest absolute Gasteiger partial charge is 0.0545 e. The van der Waals surface area contributed by atoms with Gasteiger partial charge in [0, 0.05) is 10.0 Å². The summed E-state index contributed by atoms with van der Waals surface area (Å²) in [6, 6.07) is 17.1. The van der Waals surface area contributed by atoms with Crippen molar-refractivity contribution < 1.29 is 0 Å². The SMILES string of the molecule is CCN(CC)C(c1ccc(Cl)cc1)C(c1ccc(Cl)cc1)N(CC)CC. The Morgan fingerprint density at radius 2 is 0.846 bits per heavy atom. The zero-order valence-electron chi connectivity index (χ0n) is 16.3. The van der Waals surface area contributed by atoms with Gasteiger partial charge >= 0.3 is 0 Å². The fourth-order valence-electron chi connectivity index (χ4n) is 3.74. The molecule has 0 aliphatic carbocycles. The van der Waals surface area contributed by atoms with Crippen LogP contribution in [-0.2, 0) is 0 Å². The third-order valence-corrected chi connectivity index (χ3v) is 5.64. The van der Waals surface area contributed by atoms with Crippen molar-refractivity contribution in [3.05, 3.63) is 69.7 Å². The summed E-state index contributed by atoms with van der Waals surface area (Å²) in [5, 5.41) is 1.55. The fourth-order valence-corrected chi connectivity index (χ4v) is 3.99. The lowest BCUT2D eigenvalue weighted by atomic mass is 9.90. The van der Waals surface area contributed by atoms with E-state index in [2.05, 4.69) is 61.8 Å². The van der Waals surface area contributed by atoms with Crippen LogP contribution in [0.3, 0.4) is 0 Å². The molecule has 2 unspecified atom stereocenters. The Hall–Kier alpha value is -1.06. The lowest BCUT2D eigenvalue weighted by molar-refractivity contribution is 0.0889. The molecule has 0 radical (unpaired) electrons. The first kappa shape index (κ1) is 21.2. The van der Waals surface area contributed by atoms with E-state index in [1.165, 1.54) is 11.1 Å². The van der Waals surface area contributed by atoms with Crippen LogP contribution in [0.15, 0.2) is 48.5 Å². The fraction of sp³-hybridized carbons (Fsp3) is 0.455. The van der Waals surface area contributed by atoms with Crippen molar-refractivity contribution in [3.63, 3.8) is 0 Å². The lowest BCUT2D eigenvalue weighted by Crippen LogP contribution is -2.41. The van der Waals surface area contributed by atoms with Crippen LogP contribution in [0.2, 0.25) is 10.0 Å². The third-order valence-electron chi connectivity index (χ3n) is 5.13. The Bertz CT molecular complexity index is 587. The van der Waals surface area contributed by atoms with Crippen LogP contribution in [0.1, 0.15) is 50.9 Å². The van der Waals surface area contributed by atoms with Gasteiger partial charge in [0.25, 0.3) is 0 Å². The molecular weight excluding hydrogens is 363 g/mol. The second-order valence-corrected chi connectivity index (χ2v) is 7.31. The normalized spacial score (nSPS) is 14.0. The zero-order valence-corrected chi connectivity index (χ0v) is 17.8. The lowest BCUT2D eigenvalue weighted by Gasteiger charge is -2.42. The highest BCUT2D eigenvalue weighted by molar-refractivity contribution is 6.30. The topological polar surface area (TPSA) is 6.48 Å². The van der Waals surface area contributed by atoms with E-state index in [0.717, 1.165) is 36.2 Å². The molecule has 0 bridgehead atoms. The van der Waals surface area contributed by atoms with Crippen molar-refractivity contribution in [1.29, 1.82) is 0 Å². The largest absolute Gasteiger partial charge is 0.295 e. The van der Waals surface area contributed by atoms with E-state index in [1.54, 1.807) is 0 Å². The summed E-state index contributed by atoms with van der Waals surface area (Å²) < 4.78 is 0. The van der Waals surface area contributed by atoms with Gasteiger partial charge in [0.2, 0.25) is 0 Å².